The number of hydrogen-bond donors (Lipinski definition) is 0. The number of allylic oxidation sites excluding steroid dienone is 1. The minimum atomic E-state index is -7.15. The van der Waals surface area contributed by atoms with E-state index in [1.54, 1.807) is 0 Å². The molecule has 0 saturated heterocycles. The Morgan fingerprint density at radius 1 is 0.650 bits per heavy atom. The zero-order valence-corrected chi connectivity index (χ0v) is 8.36. The van der Waals surface area contributed by atoms with Gasteiger partial charge in [0, 0.05) is 0 Å². The van der Waals surface area contributed by atoms with Crippen molar-refractivity contribution in [1.82, 2.24) is 4.90 Å². The quantitative estimate of drug-likeness (QED) is 0.526. The molecular weight excluding hydrogens is 333 g/mol. The van der Waals surface area contributed by atoms with Gasteiger partial charge in [-0.25, -0.2) is 0 Å². The van der Waals surface area contributed by atoms with Gasteiger partial charge in [0.05, 0.1) is 0 Å². The van der Waals surface area contributed by atoms with Gasteiger partial charge < -0.3 is 0 Å². The number of hydrogen-bond acceptors (Lipinski definition) is 1. The first-order valence-corrected chi connectivity index (χ1v) is 3.88. The Hall–Kier alpha value is -1.37. The van der Waals surface area contributed by atoms with Crippen LogP contribution in [0.4, 0.5) is 57.1 Å². The Bertz CT molecular complexity index is 381. The summed E-state index contributed by atoms with van der Waals surface area (Å²) in [7, 11) is 0. The average Bonchev–Trinajstić information content (AvgIpc) is 2.10. The largest absolute Gasteiger partial charge is 0.491 e. The van der Waals surface area contributed by atoms with Crippen LogP contribution in [0.5, 0.6) is 0 Å². The molecule has 0 amide bonds. The Morgan fingerprint density at radius 3 is 1.20 bits per heavy atom. The van der Waals surface area contributed by atoms with Crippen LogP contribution in [0, 0.1) is 0 Å². The van der Waals surface area contributed by atoms with E-state index >= 15 is 0 Å². The second-order valence-corrected chi connectivity index (χ2v) is 2.94. The molecular formula is C6F13N. The molecule has 0 fully saturated rings. The number of nitrogens with zero attached hydrogens (tertiary/aromatic N) is 1. The molecule has 0 aromatic carbocycles. The van der Waals surface area contributed by atoms with Crippen molar-refractivity contribution in [3.8, 4) is 0 Å². The summed E-state index contributed by atoms with van der Waals surface area (Å²) in [6, 6.07) is -7.15. The molecule has 0 atom stereocenters. The highest BCUT2D eigenvalue weighted by Gasteiger charge is 2.70. The topological polar surface area (TPSA) is 3.24 Å². The summed E-state index contributed by atoms with van der Waals surface area (Å²) < 4.78 is 155. The molecule has 120 valence electrons. The van der Waals surface area contributed by atoms with Gasteiger partial charge in [-0.2, -0.15) is 48.8 Å². The standard InChI is InChI=1S/C6F13N/c7-1(3(9,10)11)2(8)20(6(17,18)19)5(15,16)4(12,13)14. The Morgan fingerprint density at radius 2 is 1.00 bits per heavy atom. The summed E-state index contributed by atoms with van der Waals surface area (Å²) in [6.07, 6.45) is -20.6. The zero-order valence-electron chi connectivity index (χ0n) is 8.36. The molecule has 0 heterocycles. The van der Waals surface area contributed by atoms with Crippen LogP contribution in [0.25, 0.3) is 0 Å². The lowest BCUT2D eigenvalue weighted by molar-refractivity contribution is -0.405. The van der Waals surface area contributed by atoms with Crippen LogP contribution in [0.3, 0.4) is 0 Å². The smallest absolute Gasteiger partial charge is 0.197 e. The summed E-state index contributed by atoms with van der Waals surface area (Å²) in [4.78, 5) is -3.59. The molecule has 1 nitrogen and oxygen atoms in total. The Balaban J connectivity index is 6.14. The number of alkyl halides is 11. The normalized spacial score (nSPS) is 16.1. The summed E-state index contributed by atoms with van der Waals surface area (Å²) in [5.74, 6) is -8.86. The molecule has 0 aliphatic carbocycles. The average molecular weight is 333 g/mol. The maximum Gasteiger partial charge on any atom is 0.491 e. The fourth-order valence-electron chi connectivity index (χ4n) is 0.736. The van der Waals surface area contributed by atoms with Gasteiger partial charge in [0.1, 0.15) is 0 Å². The third kappa shape index (κ3) is 3.59. The van der Waals surface area contributed by atoms with Gasteiger partial charge in [-0.1, -0.05) is 0 Å². The Labute approximate surface area is 99.8 Å². The number of halogens is 13. The SMILES string of the molecule is FC(=C(F)C(F)(F)F)N(C(F)(F)F)C(F)(F)C(F)(F)F. The molecule has 0 aromatic heterocycles. The predicted molar refractivity (Wildman–Crippen MR) is 34.2 cm³/mol. The van der Waals surface area contributed by atoms with Crippen LogP contribution in [0.2, 0.25) is 0 Å². The second kappa shape index (κ2) is 4.87. The summed E-state index contributed by atoms with van der Waals surface area (Å²) in [5, 5.41) is 0. The first-order valence-electron chi connectivity index (χ1n) is 3.88. The van der Waals surface area contributed by atoms with Crippen molar-refractivity contribution < 1.29 is 57.1 Å². The van der Waals surface area contributed by atoms with E-state index in [1.165, 1.54) is 0 Å². The van der Waals surface area contributed by atoms with Crippen molar-refractivity contribution in [3.05, 3.63) is 11.8 Å². The highest BCUT2D eigenvalue weighted by atomic mass is 19.4. The molecule has 0 N–H and O–H groups in total. The van der Waals surface area contributed by atoms with E-state index < -0.39 is 41.4 Å². The van der Waals surface area contributed by atoms with Gasteiger partial charge in [0.15, 0.2) is 0 Å². The van der Waals surface area contributed by atoms with Crippen LogP contribution in [0.15, 0.2) is 11.8 Å². The lowest BCUT2D eigenvalue weighted by atomic mass is 10.4. The summed E-state index contributed by atoms with van der Waals surface area (Å²) in [5.41, 5.74) is 0. The van der Waals surface area contributed by atoms with Gasteiger partial charge in [-0.05, 0) is 0 Å². The minimum absolute atomic E-state index is 3.59. The van der Waals surface area contributed by atoms with Crippen molar-refractivity contribution in [2.45, 2.75) is 24.7 Å². The molecule has 14 heteroatoms. The van der Waals surface area contributed by atoms with Crippen molar-refractivity contribution in [1.29, 1.82) is 0 Å². The molecule has 0 aliphatic rings. The van der Waals surface area contributed by atoms with Gasteiger partial charge in [0.25, 0.3) is 5.83 Å². The summed E-state index contributed by atoms with van der Waals surface area (Å²) >= 11 is 0. The summed E-state index contributed by atoms with van der Waals surface area (Å²) in [6.45, 7) is 0. The van der Waals surface area contributed by atoms with Crippen LogP contribution in [-0.2, 0) is 0 Å². The fraction of sp³-hybridized carbons (Fsp3) is 0.667. The molecule has 0 spiro atoms. The van der Waals surface area contributed by atoms with E-state index in [4.69, 9.17) is 0 Å². The maximum atomic E-state index is 12.5. The van der Waals surface area contributed by atoms with Crippen LogP contribution in [-0.4, -0.2) is 29.6 Å². The van der Waals surface area contributed by atoms with Gasteiger partial charge in [0.2, 0.25) is 5.95 Å². The lowest BCUT2D eigenvalue weighted by Crippen LogP contribution is -2.57. The highest BCUT2D eigenvalue weighted by Crippen LogP contribution is 2.47. The molecule has 20 heavy (non-hydrogen) atoms. The predicted octanol–water partition coefficient (Wildman–Crippen LogP) is 4.63. The van der Waals surface area contributed by atoms with E-state index in [0.29, 0.717) is 0 Å². The third-order valence-electron chi connectivity index (χ3n) is 1.50. The van der Waals surface area contributed by atoms with Gasteiger partial charge in [-0.15, -0.1) is 13.2 Å². The van der Waals surface area contributed by atoms with Crippen LogP contribution >= 0.6 is 0 Å². The molecule has 0 radical (unpaired) electrons. The molecule has 0 aromatic rings. The van der Waals surface area contributed by atoms with Gasteiger partial charge in [-0.3, -0.25) is 0 Å². The van der Waals surface area contributed by atoms with Crippen molar-refractivity contribution in [2.75, 3.05) is 0 Å². The van der Waals surface area contributed by atoms with Gasteiger partial charge >= 0.3 is 24.7 Å². The first kappa shape index (κ1) is 18.6. The van der Waals surface area contributed by atoms with Crippen molar-refractivity contribution >= 4 is 0 Å². The lowest BCUT2D eigenvalue weighted by Gasteiger charge is -2.33. The highest BCUT2D eigenvalue weighted by molar-refractivity contribution is 5.08. The molecule has 0 unspecified atom stereocenters. The number of rotatable bonds is 2. The van der Waals surface area contributed by atoms with E-state index in [-0.39, 0.29) is 0 Å². The van der Waals surface area contributed by atoms with Crippen molar-refractivity contribution in [2.24, 2.45) is 0 Å². The van der Waals surface area contributed by atoms with E-state index in [2.05, 4.69) is 0 Å². The van der Waals surface area contributed by atoms with E-state index in [0.717, 1.165) is 0 Å². The fourth-order valence-corrected chi connectivity index (χ4v) is 0.736. The van der Waals surface area contributed by atoms with Crippen LogP contribution in [0.1, 0.15) is 0 Å². The molecule has 0 rings (SSSR count). The zero-order chi connectivity index (χ0) is 16.7. The second-order valence-electron chi connectivity index (χ2n) is 2.94. The van der Waals surface area contributed by atoms with E-state index in [1.807, 2.05) is 0 Å². The van der Waals surface area contributed by atoms with E-state index in [9.17, 15) is 57.1 Å². The van der Waals surface area contributed by atoms with Crippen molar-refractivity contribution in [3.63, 3.8) is 0 Å². The molecule has 0 aliphatic heterocycles. The minimum Gasteiger partial charge on any atom is -0.197 e. The Kier molecular flexibility index (Phi) is 4.54. The third-order valence-corrected chi connectivity index (χ3v) is 1.50. The maximum absolute atomic E-state index is 12.5. The molecule has 0 bridgehead atoms. The van der Waals surface area contributed by atoms with Crippen LogP contribution < -0.4 is 0 Å². The molecule has 0 saturated carbocycles. The monoisotopic (exact) mass is 333 g/mol. The first-order chi connectivity index (χ1) is 8.44.